The molecule has 0 spiro atoms. The Morgan fingerprint density at radius 2 is 0.979 bits per heavy atom. The number of nitrogens with zero attached hydrogens (tertiary/aromatic N) is 2. The van der Waals surface area contributed by atoms with Crippen LogP contribution in [0.2, 0.25) is 0 Å². The molecule has 14 nitrogen and oxygen atoms in total. The molecular formula is C33H34N2O12. The average Bonchev–Trinajstić information content (AvgIpc) is 3.32. The van der Waals surface area contributed by atoms with Crippen molar-refractivity contribution < 1.29 is 57.9 Å². The fourth-order valence-electron chi connectivity index (χ4n) is 5.35. The van der Waals surface area contributed by atoms with Crippen molar-refractivity contribution in [2.45, 2.75) is 56.8 Å². The van der Waals surface area contributed by atoms with Gasteiger partial charge in [0.05, 0.1) is 48.1 Å². The minimum Gasteiger partial charge on any atom is -0.481 e. The molecule has 0 bridgehead atoms. The number of carbonyl (C=O) groups excluding carboxylic acids is 4. The van der Waals surface area contributed by atoms with Crippen LogP contribution >= 0.6 is 0 Å². The number of rotatable bonds is 18. The van der Waals surface area contributed by atoms with Crippen LogP contribution in [0.15, 0.2) is 48.5 Å². The number of aliphatic carboxylic acids is 2. The van der Waals surface area contributed by atoms with Gasteiger partial charge in [-0.3, -0.25) is 28.8 Å². The Bertz CT molecular complexity index is 1600. The molecule has 0 saturated heterocycles. The summed E-state index contributed by atoms with van der Waals surface area (Å²) in [6.45, 7) is -0.872. The number of esters is 4. The van der Waals surface area contributed by atoms with E-state index in [1.54, 1.807) is 0 Å². The zero-order valence-electron chi connectivity index (χ0n) is 25.5. The first-order valence-electron chi connectivity index (χ1n) is 15.0. The van der Waals surface area contributed by atoms with E-state index < -0.39 is 41.2 Å². The number of fused-ring (bicyclic) bond motifs is 4. The third-order valence-electron chi connectivity index (χ3n) is 7.54. The molecule has 3 aromatic rings. The summed E-state index contributed by atoms with van der Waals surface area (Å²) in [7, 11) is 0. The van der Waals surface area contributed by atoms with Gasteiger partial charge in [-0.1, -0.05) is 36.4 Å². The van der Waals surface area contributed by atoms with Crippen molar-refractivity contribution in [3.8, 4) is 11.3 Å². The van der Waals surface area contributed by atoms with E-state index in [1.165, 1.54) is 0 Å². The Labute approximate surface area is 269 Å². The highest BCUT2D eigenvalue weighted by Gasteiger charge is 2.46. The molecule has 47 heavy (non-hydrogen) atoms. The van der Waals surface area contributed by atoms with Crippen LogP contribution < -0.4 is 0 Å². The van der Waals surface area contributed by atoms with Crippen molar-refractivity contribution in [2.75, 3.05) is 26.4 Å². The number of benzene rings is 2. The SMILES string of the molecule is O=C(O)CCC(=O)OCCOC(=O)CCC1(CCC(=O)OCCOC(=O)CCC(=O)O)c2ccccc2-c2nc3ccccc3nc21. The Kier molecular flexibility index (Phi) is 11.9. The first-order chi connectivity index (χ1) is 22.6. The first kappa shape index (κ1) is 34.5. The lowest BCUT2D eigenvalue weighted by molar-refractivity contribution is -0.153. The van der Waals surface area contributed by atoms with Gasteiger partial charge in [-0.25, -0.2) is 9.97 Å². The summed E-state index contributed by atoms with van der Waals surface area (Å²) in [4.78, 5) is 80.0. The van der Waals surface area contributed by atoms with E-state index in [0.717, 1.165) is 11.1 Å². The second kappa shape index (κ2) is 16.2. The molecule has 0 radical (unpaired) electrons. The number of hydrogen-bond acceptors (Lipinski definition) is 12. The molecule has 2 N–H and O–H groups in total. The number of ether oxygens (including phenoxy) is 4. The quantitative estimate of drug-likeness (QED) is 0.115. The standard InChI is InChI=1S/C33H34N2O12/c36-25(37)9-11-27(40)44-17-19-46-29(42)13-15-33(16-14-30(43)47-20-18-45-28(41)12-10-26(38)39)22-6-2-1-5-21(22)31-32(33)35-24-8-4-3-7-23(24)34-31/h1-8H,9-20H2,(H,36,37)(H,38,39). The maximum atomic E-state index is 12.8. The monoisotopic (exact) mass is 650 g/mol. The molecule has 1 heterocycles. The van der Waals surface area contributed by atoms with Crippen LogP contribution in [-0.4, -0.2) is 82.4 Å². The molecule has 2 aromatic carbocycles. The first-order valence-corrected chi connectivity index (χ1v) is 15.0. The fraction of sp³-hybridized carbons (Fsp3) is 0.394. The molecule has 1 aromatic heterocycles. The predicted octanol–water partition coefficient (Wildman–Crippen LogP) is 3.36. The molecule has 0 fully saturated rings. The van der Waals surface area contributed by atoms with Gasteiger partial charge in [0.2, 0.25) is 0 Å². The van der Waals surface area contributed by atoms with Crippen molar-refractivity contribution in [1.29, 1.82) is 0 Å². The summed E-state index contributed by atoms with van der Waals surface area (Å²) < 4.78 is 20.4. The van der Waals surface area contributed by atoms with Crippen molar-refractivity contribution >= 4 is 46.8 Å². The van der Waals surface area contributed by atoms with Crippen LogP contribution in [0.5, 0.6) is 0 Å². The average molecular weight is 651 g/mol. The Morgan fingerprint density at radius 3 is 1.47 bits per heavy atom. The van der Waals surface area contributed by atoms with Crippen LogP contribution in [-0.2, 0) is 53.1 Å². The Balaban J connectivity index is 1.45. The van der Waals surface area contributed by atoms with E-state index in [2.05, 4.69) is 0 Å². The molecule has 248 valence electrons. The lowest BCUT2D eigenvalue weighted by atomic mass is 9.73. The largest absolute Gasteiger partial charge is 0.481 e. The Morgan fingerprint density at radius 1 is 0.553 bits per heavy atom. The normalized spacial score (nSPS) is 12.4. The minimum atomic E-state index is -1.13. The maximum absolute atomic E-state index is 12.8. The molecule has 0 atom stereocenters. The molecular weight excluding hydrogens is 616 g/mol. The molecule has 0 saturated carbocycles. The van der Waals surface area contributed by atoms with Gasteiger partial charge in [0.25, 0.3) is 0 Å². The van der Waals surface area contributed by atoms with Crippen LogP contribution in [0.1, 0.15) is 62.6 Å². The highest BCUT2D eigenvalue weighted by Crippen LogP contribution is 2.52. The summed E-state index contributed by atoms with van der Waals surface area (Å²) in [5, 5.41) is 17.3. The van der Waals surface area contributed by atoms with Crippen molar-refractivity contribution in [3.63, 3.8) is 0 Å². The number of carboxylic acids is 2. The summed E-state index contributed by atoms with van der Waals surface area (Å²) in [5.74, 6) is -4.82. The van der Waals surface area contributed by atoms with E-state index >= 15 is 0 Å². The van der Waals surface area contributed by atoms with E-state index in [4.69, 9.17) is 39.1 Å². The summed E-state index contributed by atoms with van der Waals surface area (Å²) in [6.07, 6.45) is -1.05. The second-order valence-electron chi connectivity index (χ2n) is 10.7. The molecule has 0 amide bonds. The smallest absolute Gasteiger partial charge is 0.306 e. The van der Waals surface area contributed by atoms with E-state index in [9.17, 15) is 28.8 Å². The molecule has 0 aliphatic heterocycles. The highest BCUT2D eigenvalue weighted by atomic mass is 16.6. The van der Waals surface area contributed by atoms with E-state index in [-0.39, 0.29) is 77.8 Å². The number of hydrogen-bond donors (Lipinski definition) is 2. The Hall–Kier alpha value is -5.40. The highest BCUT2D eigenvalue weighted by molar-refractivity contribution is 5.85. The number of aromatic nitrogens is 2. The third kappa shape index (κ3) is 9.31. The summed E-state index contributed by atoms with van der Waals surface area (Å²) >= 11 is 0. The third-order valence-corrected chi connectivity index (χ3v) is 7.54. The second-order valence-corrected chi connectivity index (χ2v) is 10.7. The molecule has 4 rings (SSSR count). The minimum absolute atomic E-state index is 0.0728. The van der Waals surface area contributed by atoms with E-state index in [1.807, 2.05) is 48.5 Å². The van der Waals surface area contributed by atoms with Gasteiger partial charge in [-0.05, 0) is 30.5 Å². The lowest BCUT2D eigenvalue weighted by Gasteiger charge is -2.30. The van der Waals surface area contributed by atoms with Gasteiger partial charge in [0, 0.05) is 23.8 Å². The van der Waals surface area contributed by atoms with Gasteiger partial charge in [0.1, 0.15) is 26.4 Å². The maximum Gasteiger partial charge on any atom is 0.306 e. The fourth-order valence-corrected chi connectivity index (χ4v) is 5.35. The van der Waals surface area contributed by atoms with E-state index in [0.29, 0.717) is 22.4 Å². The molecule has 1 aliphatic rings. The van der Waals surface area contributed by atoms with Crippen LogP contribution in [0, 0.1) is 0 Å². The van der Waals surface area contributed by atoms with Gasteiger partial charge < -0.3 is 29.2 Å². The number of carbonyl (C=O) groups is 6. The van der Waals surface area contributed by atoms with Crippen molar-refractivity contribution in [2.24, 2.45) is 0 Å². The topological polar surface area (TPSA) is 206 Å². The van der Waals surface area contributed by atoms with Gasteiger partial charge >= 0.3 is 35.8 Å². The summed E-state index contributed by atoms with van der Waals surface area (Å²) in [5.41, 5.74) is 3.32. The molecule has 0 unspecified atom stereocenters. The molecule has 14 heteroatoms. The number of para-hydroxylation sites is 2. The van der Waals surface area contributed by atoms with Crippen molar-refractivity contribution in [3.05, 3.63) is 59.8 Å². The molecule has 1 aliphatic carbocycles. The van der Waals surface area contributed by atoms with Crippen LogP contribution in [0.4, 0.5) is 0 Å². The zero-order chi connectivity index (χ0) is 33.8. The van der Waals surface area contributed by atoms with Crippen molar-refractivity contribution in [1.82, 2.24) is 9.97 Å². The lowest BCUT2D eigenvalue weighted by Crippen LogP contribution is -2.29. The zero-order valence-corrected chi connectivity index (χ0v) is 25.5. The number of carboxylic acid groups (broad SMARTS) is 2. The van der Waals surface area contributed by atoms with Gasteiger partial charge in [-0.2, -0.15) is 0 Å². The predicted molar refractivity (Wildman–Crippen MR) is 162 cm³/mol. The summed E-state index contributed by atoms with van der Waals surface area (Å²) in [6, 6.07) is 14.9. The van der Waals surface area contributed by atoms with Crippen LogP contribution in [0.3, 0.4) is 0 Å². The van der Waals surface area contributed by atoms with Gasteiger partial charge in [-0.15, -0.1) is 0 Å². The van der Waals surface area contributed by atoms with Gasteiger partial charge in [0.15, 0.2) is 0 Å². The van der Waals surface area contributed by atoms with Crippen LogP contribution in [0.25, 0.3) is 22.3 Å².